The van der Waals surface area contributed by atoms with E-state index in [4.69, 9.17) is 0 Å². The average Bonchev–Trinajstić information content (AvgIpc) is 3.19. The van der Waals surface area contributed by atoms with Crippen LogP contribution in [0.15, 0.2) is 42.7 Å². The molecule has 3 rings (SSSR count). The minimum atomic E-state index is 0.00791. The molecular weight excluding hydrogens is 266 g/mol. The van der Waals surface area contributed by atoms with Crippen LogP contribution in [0.5, 0.6) is 0 Å². The van der Waals surface area contributed by atoms with Crippen molar-refractivity contribution in [2.24, 2.45) is 0 Å². The van der Waals surface area contributed by atoms with Gasteiger partial charge < -0.3 is 10.2 Å². The lowest BCUT2D eigenvalue weighted by Crippen LogP contribution is -2.39. The van der Waals surface area contributed by atoms with Crippen LogP contribution in [0.25, 0.3) is 0 Å². The predicted molar refractivity (Wildman–Crippen MR) is 78.8 cm³/mol. The Hall–Kier alpha value is -2.37. The molecule has 1 N–H and O–H groups in total. The summed E-state index contributed by atoms with van der Waals surface area (Å²) in [6, 6.07) is 10.4. The lowest BCUT2D eigenvalue weighted by atomic mass is 10.1. The van der Waals surface area contributed by atoms with Gasteiger partial charge in [0, 0.05) is 25.8 Å². The zero-order valence-electron chi connectivity index (χ0n) is 11.9. The number of nitrogens with one attached hydrogen (secondary N) is 1. The van der Waals surface area contributed by atoms with Gasteiger partial charge in [0.05, 0.1) is 12.2 Å². The summed E-state index contributed by atoms with van der Waals surface area (Å²) in [6.45, 7) is 2.12. The molecule has 1 fully saturated rings. The second-order valence-corrected chi connectivity index (χ2v) is 5.24. The topological polar surface area (TPSA) is 63.1 Å². The fourth-order valence-corrected chi connectivity index (χ4v) is 2.62. The smallest absolute Gasteiger partial charge is 0.317 e. The third-order valence-corrected chi connectivity index (χ3v) is 3.80. The van der Waals surface area contributed by atoms with Gasteiger partial charge in [-0.3, -0.25) is 0 Å². The molecule has 2 heterocycles. The number of hydrogen-bond donors (Lipinski definition) is 1. The maximum Gasteiger partial charge on any atom is 0.317 e. The molecule has 2 aromatic rings. The van der Waals surface area contributed by atoms with Crippen molar-refractivity contribution in [3.63, 3.8) is 0 Å². The van der Waals surface area contributed by atoms with Gasteiger partial charge in [-0.05, 0) is 18.4 Å². The van der Waals surface area contributed by atoms with Crippen LogP contribution in [0, 0.1) is 0 Å². The van der Waals surface area contributed by atoms with E-state index in [0.29, 0.717) is 13.1 Å². The van der Waals surface area contributed by atoms with Crippen LogP contribution in [-0.4, -0.2) is 45.6 Å². The van der Waals surface area contributed by atoms with Crippen molar-refractivity contribution in [2.75, 3.05) is 19.6 Å². The first-order valence-electron chi connectivity index (χ1n) is 7.25. The first kappa shape index (κ1) is 13.6. The Morgan fingerprint density at radius 3 is 2.95 bits per heavy atom. The number of urea groups is 1. The summed E-state index contributed by atoms with van der Waals surface area (Å²) in [4.78, 5) is 14.0. The van der Waals surface area contributed by atoms with Gasteiger partial charge in [0.25, 0.3) is 0 Å². The number of rotatable bonds is 4. The molecule has 0 bridgehead atoms. The van der Waals surface area contributed by atoms with Gasteiger partial charge in [-0.25, -0.2) is 9.48 Å². The van der Waals surface area contributed by atoms with E-state index in [9.17, 15) is 4.79 Å². The van der Waals surface area contributed by atoms with Crippen molar-refractivity contribution in [3.8, 4) is 0 Å². The summed E-state index contributed by atoms with van der Waals surface area (Å²) in [5.41, 5.74) is 1.24. The second-order valence-electron chi connectivity index (χ2n) is 5.24. The minimum Gasteiger partial charge on any atom is -0.338 e. The van der Waals surface area contributed by atoms with Crippen molar-refractivity contribution < 1.29 is 4.79 Å². The largest absolute Gasteiger partial charge is 0.338 e. The van der Waals surface area contributed by atoms with Crippen LogP contribution < -0.4 is 5.32 Å². The summed E-state index contributed by atoms with van der Waals surface area (Å²) < 4.78 is 1.83. The Labute approximate surface area is 123 Å². The van der Waals surface area contributed by atoms with E-state index in [-0.39, 0.29) is 12.1 Å². The van der Waals surface area contributed by atoms with Crippen LogP contribution in [0.4, 0.5) is 4.79 Å². The number of nitrogens with zero attached hydrogens (tertiary/aromatic N) is 4. The van der Waals surface area contributed by atoms with E-state index in [0.717, 1.165) is 19.4 Å². The quantitative estimate of drug-likeness (QED) is 0.925. The summed E-state index contributed by atoms with van der Waals surface area (Å²) >= 11 is 0. The lowest BCUT2D eigenvalue weighted by Gasteiger charge is -2.17. The first-order valence-corrected chi connectivity index (χ1v) is 7.25. The normalized spacial score (nSPS) is 17.9. The molecular formula is C15H19N5O. The molecule has 1 atom stereocenters. The van der Waals surface area contributed by atoms with Gasteiger partial charge in [-0.1, -0.05) is 35.5 Å². The molecule has 2 amide bonds. The standard InChI is InChI=1S/C15H19N5O/c21-15(16-8-6-13-4-2-1-3-5-13)19-10-7-14(12-19)20-11-9-17-18-20/h1-5,9,11,14H,6-8,10,12H2,(H,16,21)/t14-/m1/s1. The number of aromatic nitrogens is 3. The van der Waals surface area contributed by atoms with E-state index >= 15 is 0 Å². The highest BCUT2D eigenvalue weighted by Gasteiger charge is 2.27. The maximum atomic E-state index is 12.1. The molecule has 110 valence electrons. The molecule has 0 unspecified atom stereocenters. The summed E-state index contributed by atoms with van der Waals surface area (Å²) in [5.74, 6) is 0. The van der Waals surface area contributed by atoms with Gasteiger partial charge in [-0.2, -0.15) is 0 Å². The van der Waals surface area contributed by atoms with Gasteiger partial charge in [-0.15, -0.1) is 5.10 Å². The van der Waals surface area contributed by atoms with Crippen LogP contribution in [0.3, 0.4) is 0 Å². The van der Waals surface area contributed by atoms with Crippen molar-refractivity contribution in [2.45, 2.75) is 18.9 Å². The third kappa shape index (κ3) is 3.39. The van der Waals surface area contributed by atoms with E-state index in [1.807, 2.05) is 34.0 Å². The van der Waals surface area contributed by atoms with Gasteiger partial charge in [0.15, 0.2) is 0 Å². The van der Waals surface area contributed by atoms with Crippen molar-refractivity contribution >= 4 is 6.03 Å². The van der Waals surface area contributed by atoms with Crippen LogP contribution in [0.2, 0.25) is 0 Å². The molecule has 0 aliphatic carbocycles. The third-order valence-electron chi connectivity index (χ3n) is 3.80. The van der Waals surface area contributed by atoms with E-state index in [1.54, 1.807) is 6.20 Å². The number of amides is 2. The molecule has 6 nitrogen and oxygen atoms in total. The van der Waals surface area contributed by atoms with Crippen molar-refractivity contribution in [1.29, 1.82) is 0 Å². The fraction of sp³-hybridized carbons (Fsp3) is 0.400. The molecule has 0 radical (unpaired) electrons. The number of benzene rings is 1. The zero-order valence-corrected chi connectivity index (χ0v) is 11.9. The number of carbonyl (C=O) groups is 1. The zero-order chi connectivity index (χ0) is 14.5. The van der Waals surface area contributed by atoms with Crippen molar-refractivity contribution in [1.82, 2.24) is 25.2 Å². The minimum absolute atomic E-state index is 0.00791. The highest BCUT2D eigenvalue weighted by Crippen LogP contribution is 2.19. The summed E-state index contributed by atoms with van der Waals surface area (Å²) in [6.07, 6.45) is 5.30. The van der Waals surface area contributed by atoms with Gasteiger partial charge in [0.2, 0.25) is 0 Å². The monoisotopic (exact) mass is 285 g/mol. The van der Waals surface area contributed by atoms with Crippen LogP contribution in [0.1, 0.15) is 18.0 Å². The Morgan fingerprint density at radius 1 is 1.33 bits per heavy atom. The van der Waals surface area contributed by atoms with Gasteiger partial charge >= 0.3 is 6.03 Å². The molecule has 1 saturated heterocycles. The van der Waals surface area contributed by atoms with Crippen LogP contribution in [-0.2, 0) is 6.42 Å². The molecule has 21 heavy (non-hydrogen) atoms. The highest BCUT2D eigenvalue weighted by molar-refractivity contribution is 5.74. The molecule has 0 spiro atoms. The summed E-state index contributed by atoms with van der Waals surface area (Å²) in [7, 11) is 0. The molecule has 1 aliphatic heterocycles. The Kier molecular flexibility index (Phi) is 4.14. The molecule has 1 aromatic heterocycles. The number of likely N-dealkylation sites (tertiary alicyclic amines) is 1. The van der Waals surface area contributed by atoms with Gasteiger partial charge in [0.1, 0.15) is 0 Å². The number of hydrogen-bond acceptors (Lipinski definition) is 3. The van der Waals surface area contributed by atoms with E-state index < -0.39 is 0 Å². The lowest BCUT2D eigenvalue weighted by molar-refractivity contribution is 0.207. The predicted octanol–water partition coefficient (Wildman–Crippen LogP) is 1.48. The molecule has 1 aromatic carbocycles. The fourth-order valence-electron chi connectivity index (χ4n) is 2.62. The first-order chi connectivity index (χ1) is 10.3. The molecule has 0 saturated carbocycles. The van der Waals surface area contributed by atoms with Crippen LogP contribution >= 0.6 is 0 Å². The SMILES string of the molecule is O=C(NCCc1ccccc1)N1CC[C@@H](n2ccnn2)C1. The second kappa shape index (κ2) is 6.39. The highest BCUT2D eigenvalue weighted by atomic mass is 16.2. The average molecular weight is 285 g/mol. The summed E-state index contributed by atoms with van der Waals surface area (Å²) in [5, 5.41) is 10.8. The van der Waals surface area contributed by atoms with E-state index in [1.165, 1.54) is 5.56 Å². The maximum absolute atomic E-state index is 12.1. The molecule has 6 heteroatoms. The number of carbonyl (C=O) groups excluding carboxylic acids is 1. The Bertz CT molecular complexity index is 569. The molecule has 1 aliphatic rings. The Morgan fingerprint density at radius 2 is 2.19 bits per heavy atom. The van der Waals surface area contributed by atoms with E-state index in [2.05, 4.69) is 27.8 Å². The Balaban J connectivity index is 1.44. The van der Waals surface area contributed by atoms with Crippen molar-refractivity contribution in [3.05, 3.63) is 48.3 Å².